The number of carbonyl (C=O) groups excluding carboxylic acids is 2. The first-order valence-electron chi connectivity index (χ1n) is 9.22. The lowest BCUT2D eigenvalue weighted by Gasteiger charge is -2.22. The van der Waals surface area contributed by atoms with Gasteiger partial charge in [-0.1, -0.05) is 11.6 Å². The molecule has 8 heteroatoms. The molecule has 1 atom stereocenters. The molecule has 1 fully saturated rings. The van der Waals surface area contributed by atoms with E-state index in [-0.39, 0.29) is 18.3 Å². The second-order valence-electron chi connectivity index (χ2n) is 6.70. The Hall–Kier alpha value is -2.67. The number of amides is 1. The molecule has 0 spiro atoms. The van der Waals surface area contributed by atoms with Crippen molar-refractivity contribution in [2.75, 3.05) is 19.8 Å². The molecule has 0 bridgehead atoms. The molecule has 0 N–H and O–H groups in total. The maximum atomic E-state index is 12.6. The lowest BCUT2D eigenvalue weighted by molar-refractivity contribution is -0.149. The maximum absolute atomic E-state index is 12.6. The molecule has 1 unspecified atom stereocenters. The van der Waals surface area contributed by atoms with Gasteiger partial charge in [0.25, 0.3) is 5.91 Å². The predicted octanol–water partition coefficient (Wildman–Crippen LogP) is 3.44. The van der Waals surface area contributed by atoms with Crippen LogP contribution in [0.2, 0.25) is 5.02 Å². The largest absolute Gasteiger partial charge is 0.489 e. The lowest BCUT2D eigenvalue weighted by atomic mass is 10.2. The molecule has 28 heavy (non-hydrogen) atoms. The van der Waals surface area contributed by atoms with Crippen LogP contribution in [0.25, 0.3) is 0 Å². The first-order valence-corrected chi connectivity index (χ1v) is 9.60. The number of halogens is 1. The van der Waals surface area contributed by atoms with Gasteiger partial charge in [-0.05, 0) is 42.7 Å². The Kier molecular flexibility index (Phi) is 5.43. The topological polar surface area (TPSA) is 78.2 Å². The summed E-state index contributed by atoms with van der Waals surface area (Å²) in [5.74, 6) is 0.532. The van der Waals surface area contributed by atoms with Gasteiger partial charge in [0.15, 0.2) is 17.3 Å². The number of carbonyl (C=O) groups is 2. The summed E-state index contributed by atoms with van der Waals surface area (Å²) in [4.78, 5) is 26.6. The van der Waals surface area contributed by atoms with Gasteiger partial charge in [-0.15, -0.1) is 0 Å². The first kappa shape index (κ1) is 18.7. The number of ether oxygens (including phenoxy) is 3. The number of benzene rings is 1. The van der Waals surface area contributed by atoms with Crippen LogP contribution in [-0.2, 0) is 16.1 Å². The van der Waals surface area contributed by atoms with Crippen molar-refractivity contribution in [2.24, 2.45) is 0 Å². The van der Waals surface area contributed by atoms with Crippen LogP contribution < -0.4 is 9.47 Å². The summed E-state index contributed by atoms with van der Waals surface area (Å²) in [6, 6.07) is 6.07. The van der Waals surface area contributed by atoms with Crippen molar-refractivity contribution >= 4 is 23.5 Å². The van der Waals surface area contributed by atoms with Crippen molar-refractivity contribution in [3.63, 3.8) is 0 Å². The second kappa shape index (κ2) is 8.14. The molecule has 1 amide bonds. The third-order valence-corrected chi connectivity index (χ3v) is 5.04. The molecule has 1 saturated heterocycles. The Morgan fingerprint density at radius 1 is 1.21 bits per heavy atom. The van der Waals surface area contributed by atoms with E-state index < -0.39 is 12.0 Å². The van der Waals surface area contributed by atoms with Gasteiger partial charge in [-0.3, -0.25) is 4.79 Å². The molecule has 1 aromatic carbocycles. The smallest absolute Gasteiger partial charge is 0.329 e. The Labute approximate surface area is 167 Å². The van der Waals surface area contributed by atoms with E-state index in [0.717, 1.165) is 12.8 Å². The number of nitrogens with zero attached hydrogens (tertiary/aromatic N) is 1. The summed E-state index contributed by atoms with van der Waals surface area (Å²) >= 11 is 6.28. The molecule has 0 saturated carbocycles. The Balaban J connectivity index is 1.42. The molecule has 2 aliphatic rings. The molecule has 2 aromatic rings. The zero-order valence-corrected chi connectivity index (χ0v) is 15.9. The minimum Gasteiger partial charge on any atom is -0.489 e. The average Bonchev–Trinajstić information content (AvgIpc) is 3.34. The number of fused-ring (bicyclic) bond motifs is 1. The molecule has 3 heterocycles. The van der Waals surface area contributed by atoms with E-state index in [0.29, 0.717) is 48.3 Å². The van der Waals surface area contributed by atoms with E-state index in [9.17, 15) is 9.59 Å². The van der Waals surface area contributed by atoms with Gasteiger partial charge in [0, 0.05) is 13.0 Å². The molecule has 0 aliphatic carbocycles. The van der Waals surface area contributed by atoms with Gasteiger partial charge < -0.3 is 23.5 Å². The number of hydrogen-bond donors (Lipinski definition) is 0. The van der Waals surface area contributed by atoms with E-state index in [4.69, 9.17) is 30.2 Å². The summed E-state index contributed by atoms with van der Waals surface area (Å²) < 4.78 is 21.9. The third kappa shape index (κ3) is 3.80. The van der Waals surface area contributed by atoms with Crippen LogP contribution in [0.1, 0.15) is 35.4 Å². The number of likely N-dealkylation sites (tertiary alicyclic amines) is 1. The highest BCUT2D eigenvalue weighted by Crippen LogP contribution is 2.38. The van der Waals surface area contributed by atoms with Gasteiger partial charge in [0.05, 0.1) is 24.5 Å². The highest BCUT2D eigenvalue weighted by molar-refractivity contribution is 6.32. The van der Waals surface area contributed by atoms with Crippen molar-refractivity contribution in [1.82, 2.24) is 4.90 Å². The predicted molar refractivity (Wildman–Crippen MR) is 99.6 cm³/mol. The monoisotopic (exact) mass is 405 g/mol. The first-order chi connectivity index (χ1) is 13.6. The summed E-state index contributed by atoms with van der Waals surface area (Å²) in [6.07, 6.45) is 3.51. The van der Waals surface area contributed by atoms with Crippen LogP contribution in [0.5, 0.6) is 11.5 Å². The summed E-state index contributed by atoms with van der Waals surface area (Å²) in [5, 5.41) is 0.418. The van der Waals surface area contributed by atoms with E-state index in [2.05, 4.69) is 0 Å². The molecule has 1 aromatic heterocycles. The van der Waals surface area contributed by atoms with E-state index in [1.807, 2.05) is 0 Å². The number of esters is 1. The standard InChI is InChI=1S/C20H20ClNO6/c21-14-10-13(11-17-18(14)27-9-3-8-26-17)12-28-20(24)15-4-1-6-22(15)19(23)16-5-2-7-25-16/h2,5,7,10-11,15H,1,3-4,6,8-9,12H2. The van der Waals surface area contributed by atoms with Gasteiger partial charge in [-0.2, -0.15) is 0 Å². The Bertz CT molecular complexity index is 866. The fourth-order valence-corrected chi connectivity index (χ4v) is 3.70. The van der Waals surface area contributed by atoms with Gasteiger partial charge >= 0.3 is 5.97 Å². The van der Waals surface area contributed by atoms with Crippen LogP contribution in [0.3, 0.4) is 0 Å². The SMILES string of the molecule is O=C(OCc1cc(Cl)c2c(c1)OCCCO2)C1CCCN1C(=O)c1ccco1. The molecule has 148 valence electrons. The van der Waals surface area contributed by atoms with Gasteiger partial charge in [0.1, 0.15) is 12.6 Å². The zero-order valence-electron chi connectivity index (χ0n) is 15.2. The average molecular weight is 406 g/mol. The van der Waals surface area contributed by atoms with Crippen LogP contribution in [0.4, 0.5) is 0 Å². The Morgan fingerprint density at radius 2 is 2.07 bits per heavy atom. The quantitative estimate of drug-likeness (QED) is 0.725. The molecule has 7 nitrogen and oxygen atoms in total. The highest BCUT2D eigenvalue weighted by Gasteiger charge is 2.36. The molecule has 0 radical (unpaired) electrons. The summed E-state index contributed by atoms with van der Waals surface area (Å²) in [7, 11) is 0. The maximum Gasteiger partial charge on any atom is 0.329 e. The van der Waals surface area contributed by atoms with Crippen LogP contribution in [0.15, 0.2) is 34.9 Å². The van der Waals surface area contributed by atoms with E-state index >= 15 is 0 Å². The minimum absolute atomic E-state index is 0.0362. The molecule has 2 aliphatic heterocycles. The summed E-state index contributed by atoms with van der Waals surface area (Å²) in [6.45, 7) is 1.62. The highest BCUT2D eigenvalue weighted by atomic mass is 35.5. The van der Waals surface area contributed by atoms with Crippen molar-refractivity contribution in [3.8, 4) is 11.5 Å². The minimum atomic E-state index is -0.617. The van der Waals surface area contributed by atoms with Crippen LogP contribution in [0, 0.1) is 0 Å². The van der Waals surface area contributed by atoms with Crippen molar-refractivity contribution in [3.05, 3.63) is 46.9 Å². The van der Waals surface area contributed by atoms with E-state index in [1.54, 1.807) is 24.3 Å². The molecule has 4 rings (SSSR count). The summed E-state index contributed by atoms with van der Waals surface area (Å²) in [5.41, 5.74) is 0.699. The molecular weight excluding hydrogens is 386 g/mol. The van der Waals surface area contributed by atoms with Gasteiger partial charge in [-0.25, -0.2) is 4.79 Å². The number of hydrogen-bond acceptors (Lipinski definition) is 6. The number of furan rings is 1. The fourth-order valence-electron chi connectivity index (χ4n) is 3.41. The third-order valence-electron chi connectivity index (χ3n) is 4.76. The van der Waals surface area contributed by atoms with Crippen molar-refractivity contribution < 1.29 is 28.2 Å². The van der Waals surface area contributed by atoms with Crippen molar-refractivity contribution in [2.45, 2.75) is 31.9 Å². The van der Waals surface area contributed by atoms with Gasteiger partial charge in [0.2, 0.25) is 0 Å². The molecular formula is C20H20ClNO6. The second-order valence-corrected chi connectivity index (χ2v) is 7.10. The van der Waals surface area contributed by atoms with Crippen LogP contribution in [-0.4, -0.2) is 42.6 Å². The fraction of sp³-hybridized carbons (Fsp3) is 0.400. The zero-order chi connectivity index (χ0) is 19.5. The van der Waals surface area contributed by atoms with Crippen molar-refractivity contribution in [1.29, 1.82) is 0 Å². The van der Waals surface area contributed by atoms with Crippen LogP contribution >= 0.6 is 11.6 Å². The normalized spacial score (nSPS) is 18.6. The lowest BCUT2D eigenvalue weighted by Crippen LogP contribution is -2.41. The number of rotatable bonds is 4. The Morgan fingerprint density at radius 3 is 2.89 bits per heavy atom. The van der Waals surface area contributed by atoms with E-state index in [1.165, 1.54) is 11.2 Å².